The Kier molecular flexibility index (Phi) is 4.18. The van der Waals surface area contributed by atoms with Crippen LogP contribution in [0.25, 0.3) is 0 Å². The Hall–Kier alpha value is -1.70. The second-order valence-electron chi connectivity index (χ2n) is 2.85. The van der Waals surface area contributed by atoms with Gasteiger partial charge in [0.15, 0.2) is 0 Å². The fraction of sp³-hybridized carbons (Fsp3) is 0.250. The van der Waals surface area contributed by atoms with Crippen LogP contribution in [-0.4, -0.2) is 27.2 Å². The molecule has 0 aliphatic heterocycles. The van der Waals surface area contributed by atoms with Crippen LogP contribution >= 0.6 is 15.9 Å². The smallest absolute Gasteiger partial charge is 0.358 e. The standard InChI is InChI=1S/C8H9BrN4O3/c1-2-3-10-7(14)5-12-4-6(9)8(11-12)13(15)16/h2,4H,1,3,5H2,(H,10,14). The van der Waals surface area contributed by atoms with Crippen molar-refractivity contribution in [3.05, 3.63) is 33.4 Å². The van der Waals surface area contributed by atoms with Crippen LogP contribution in [0.3, 0.4) is 0 Å². The molecule has 7 nitrogen and oxygen atoms in total. The molecule has 1 amide bonds. The number of nitro groups is 1. The Morgan fingerprint density at radius 1 is 1.81 bits per heavy atom. The number of aromatic nitrogens is 2. The van der Waals surface area contributed by atoms with Gasteiger partial charge in [0.25, 0.3) is 0 Å². The van der Waals surface area contributed by atoms with Gasteiger partial charge in [0.05, 0.1) is 11.3 Å². The maximum Gasteiger partial charge on any atom is 0.404 e. The topological polar surface area (TPSA) is 90.1 Å². The second kappa shape index (κ2) is 5.40. The van der Waals surface area contributed by atoms with Crippen LogP contribution in [0.4, 0.5) is 5.82 Å². The molecule has 1 heterocycles. The van der Waals surface area contributed by atoms with Gasteiger partial charge in [-0.25, -0.2) is 0 Å². The van der Waals surface area contributed by atoms with E-state index in [1.54, 1.807) is 6.08 Å². The van der Waals surface area contributed by atoms with Gasteiger partial charge < -0.3 is 15.4 Å². The van der Waals surface area contributed by atoms with Gasteiger partial charge in [0, 0.05) is 6.54 Å². The zero-order chi connectivity index (χ0) is 12.1. The molecule has 16 heavy (non-hydrogen) atoms. The lowest BCUT2D eigenvalue weighted by Crippen LogP contribution is -2.27. The van der Waals surface area contributed by atoms with Gasteiger partial charge in [-0.2, -0.15) is 4.68 Å². The van der Waals surface area contributed by atoms with Gasteiger partial charge in [-0.1, -0.05) is 6.08 Å². The number of carbonyl (C=O) groups is 1. The molecule has 1 aromatic heterocycles. The average molecular weight is 289 g/mol. The summed E-state index contributed by atoms with van der Waals surface area (Å²) in [7, 11) is 0. The van der Waals surface area contributed by atoms with E-state index in [4.69, 9.17) is 0 Å². The third-order valence-electron chi connectivity index (χ3n) is 1.62. The monoisotopic (exact) mass is 288 g/mol. The Balaban J connectivity index is 2.68. The van der Waals surface area contributed by atoms with E-state index >= 15 is 0 Å². The van der Waals surface area contributed by atoms with Gasteiger partial charge >= 0.3 is 5.82 Å². The molecule has 0 saturated heterocycles. The average Bonchev–Trinajstić information content (AvgIpc) is 2.56. The van der Waals surface area contributed by atoms with Crippen LogP contribution in [-0.2, 0) is 11.3 Å². The molecule has 86 valence electrons. The molecule has 0 saturated carbocycles. The van der Waals surface area contributed by atoms with Crippen molar-refractivity contribution in [2.24, 2.45) is 0 Å². The van der Waals surface area contributed by atoms with Gasteiger partial charge in [-0.3, -0.25) is 4.79 Å². The van der Waals surface area contributed by atoms with Crippen molar-refractivity contribution >= 4 is 27.7 Å². The molecule has 0 radical (unpaired) electrons. The number of nitrogens with one attached hydrogen (secondary N) is 1. The van der Waals surface area contributed by atoms with Crippen molar-refractivity contribution in [2.75, 3.05) is 6.54 Å². The molecule has 0 aliphatic rings. The highest BCUT2D eigenvalue weighted by Crippen LogP contribution is 2.21. The minimum absolute atomic E-state index is 0.0692. The second-order valence-corrected chi connectivity index (χ2v) is 3.70. The number of nitrogens with zero attached hydrogens (tertiary/aromatic N) is 3. The summed E-state index contributed by atoms with van der Waals surface area (Å²) in [6.07, 6.45) is 2.92. The van der Waals surface area contributed by atoms with Crippen molar-refractivity contribution in [3.63, 3.8) is 0 Å². The van der Waals surface area contributed by atoms with Crippen LogP contribution in [0, 0.1) is 10.1 Å². The van der Waals surface area contributed by atoms with E-state index in [-0.39, 0.29) is 22.7 Å². The molecule has 0 fully saturated rings. The number of amides is 1. The number of hydrogen-bond donors (Lipinski definition) is 1. The maximum absolute atomic E-state index is 11.3. The molecule has 0 atom stereocenters. The Morgan fingerprint density at radius 2 is 2.50 bits per heavy atom. The van der Waals surface area contributed by atoms with Gasteiger partial charge in [-0.15, -0.1) is 6.58 Å². The number of carbonyl (C=O) groups excluding carboxylic acids is 1. The number of hydrogen-bond acceptors (Lipinski definition) is 4. The van der Waals surface area contributed by atoms with Crippen LogP contribution in [0.1, 0.15) is 0 Å². The molecule has 0 unspecified atom stereocenters. The fourth-order valence-corrected chi connectivity index (χ4v) is 1.44. The zero-order valence-corrected chi connectivity index (χ0v) is 9.81. The third kappa shape index (κ3) is 3.16. The molecule has 1 rings (SSSR count). The summed E-state index contributed by atoms with van der Waals surface area (Å²) in [5.74, 6) is -0.596. The van der Waals surface area contributed by atoms with Crippen molar-refractivity contribution in [3.8, 4) is 0 Å². The lowest BCUT2D eigenvalue weighted by atomic mass is 10.5. The summed E-state index contributed by atoms with van der Waals surface area (Å²) < 4.78 is 1.44. The molecule has 0 aromatic carbocycles. The van der Waals surface area contributed by atoms with E-state index < -0.39 is 4.92 Å². The lowest BCUT2D eigenvalue weighted by Gasteiger charge is -1.98. The summed E-state index contributed by atoms with van der Waals surface area (Å²) in [6.45, 7) is 3.73. The highest BCUT2D eigenvalue weighted by molar-refractivity contribution is 9.10. The van der Waals surface area contributed by atoms with Crippen LogP contribution in [0.15, 0.2) is 23.3 Å². The molecule has 0 spiro atoms. The zero-order valence-electron chi connectivity index (χ0n) is 8.22. The predicted molar refractivity (Wildman–Crippen MR) is 59.8 cm³/mol. The van der Waals surface area contributed by atoms with Crippen LogP contribution in [0.2, 0.25) is 0 Å². The van der Waals surface area contributed by atoms with E-state index in [2.05, 4.69) is 32.9 Å². The summed E-state index contributed by atoms with van der Waals surface area (Å²) in [4.78, 5) is 21.1. The van der Waals surface area contributed by atoms with Crippen molar-refractivity contribution in [1.29, 1.82) is 0 Å². The van der Waals surface area contributed by atoms with Crippen molar-refractivity contribution in [1.82, 2.24) is 15.1 Å². The minimum atomic E-state index is -0.623. The minimum Gasteiger partial charge on any atom is -0.358 e. The Labute approximate surface area is 99.4 Å². The third-order valence-corrected chi connectivity index (χ3v) is 2.18. The van der Waals surface area contributed by atoms with Crippen molar-refractivity contribution in [2.45, 2.75) is 6.54 Å². The maximum atomic E-state index is 11.3. The first-order chi connectivity index (χ1) is 7.54. The summed E-state index contributed by atoms with van der Waals surface area (Å²) >= 11 is 2.99. The predicted octanol–water partition coefficient (Wildman–Crippen LogP) is 0.856. The fourth-order valence-electron chi connectivity index (χ4n) is 0.981. The van der Waals surface area contributed by atoms with Gasteiger partial charge in [-0.05, 0) is 20.9 Å². The molecule has 0 aliphatic carbocycles. The number of rotatable bonds is 5. The number of halogens is 1. The highest BCUT2D eigenvalue weighted by Gasteiger charge is 2.19. The summed E-state index contributed by atoms with van der Waals surface area (Å²) in [6, 6.07) is 0. The lowest BCUT2D eigenvalue weighted by molar-refractivity contribution is -0.390. The normalized spacial score (nSPS) is 9.81. The van der Waals surface area contributed by atoms with E-state index in [1.165, 1.54) is 10.9 Å². The first-order valence-corrected chi connectivity index (χ1v) is 5.09. The summed E-state index contributed by atoms with van der Waals surface area (Å²) in [5, 5.41) is 16.7. The van der Waals surface area contributed by atoms with E-state index in [1.807, 2.05) is 0 Å². The Bertz CT molecular complexity index is 429. The quantitative estimate of drug-likeness (QED) is 0.494. The molecular formula is C8H9BrN4O3. The largest absolute Gasteiger partial charge is 0.404 e. The van der Waals surface area contributed by atoms with E-state index in [0.717, 1.165) is 0 Å². The molecule has 0 bridgehead atoms. The molecule has 1 N–H and O–H groups in total. The molecule has 1 aromatic rings. The molecule has 8 heteroatoms. The first kappa shape index (κ1) is 12.4. The van der Waals surface area contributed by atoms with E-state index in [0.29, 0.717) is 6.54 Å². The molecular weight excluding hydrogens is 280 g/mol. The van der Waals surface area contributed by atoms with Crippen molar-refractivity contribution < 1.29 is 9.72 Å². The highest BCUT2D eigenvalue weighted by atomic mass is 79.9. The van der Waals surface area contributed by atoms with Gasteiger partial charge in [0.2, 0.25) is 5.91 Å². The van der Waals surface area contributed by atoms with Crippen LogP contribution < -0.4 is 5.32 Å². The van der Waals surface area contributed by atoms with Crippen LogP contribution in [0.5, 0.6) is 0 Å². The van der Waals surface area contributed by atoms with Gasteiger partial charge in [0.1, 0.15) is 11.0 Å². The Morgan fingerprint density at radius 3 is 3.00 bits per heavy atom. The SMILES string of the molecule is C=CCNC(=O)Cn1cc(Br)c([N+](=O)[O-])n1. The summed E-state index contributed by atoms with van der Waals surface area (Å²) in [5.41, 5.74) is 0. The van der Waals surface area contributed by atoms with E-state index in [9.17, 15) is 14.9 Å². The first-order valence-electron chi connectivity index (χ1n) is 4.29.